The van der Waals surface area contributed by atoms with Crippen LogP contribution in [0.5, 0.6) is 0 Å². The summed E-state index contributed by atoms with van der Waals surface area (Å²) in [6, 6.07) is 13.7. The first-order chi connectivity index (χ1) is 14.9. The Hall–Kier alpha value is -2.39. The number of aromatic nitrogens is 1. The third-order valence-electron chi connectivity index (χ3n) is 5.71. The second kappa shape index (κ2) is 9.40. The average molecular weight is 443 g/mol. The highest BCUT2D eigenvalue weighted by atomic mass is 32.2. The summed E-state index contributed by atoms with van der Waals surface area (Å²) in [6.45, 7) is 7.16. The lowest BCUT2D eigenvalue weighted by atomic mass is 10.1. The molecule has 0 aliphatic carbocycles. The fourth-order valence-corrected chi connectivity index (χ4v) is 4.90. The lowest BCUT2D eigenvalue weighted by Crippen LogP contribution is -2.48. The first-order valence-electron chi connectivity index (χ1n) is 10.5. The fraction of sp³-hybridized carbons (Fsp3) is 0.348. The number of hydrogen-bond donors (Lipinski definition) is 1. The predicted octanol–water partition coefficient (Wildman–Crippen LogP) is 2.78. The quantitative estimate of drug-likeness (QED) is 0.610. The zero-order valence-electron chi connectivity index (χ0n) is 17.6. The second-order valence-corrected chi connectivity index (χ2v) is 9.70. The third-order valence-corrected chi connectivity index (χ3v) is 7.19. The molecule has 3 aromatic rings. The van der Waals surface area contributed by atoms with E-state index < -0.39 is 10.0 Å². The zero-order valence-corrected chi connectivity index (χ0v) is 18.4. The molecule has 0 radical (unpaired) electrons. The van der Waals surface area contributed by atoms with Crippen molar-refractivity contribution in [3.63, 3.8) is 0 Å². The number of rotatable bonds is 7. The van der Waals surface area contributed by atoms with Crippen molar-refractivity contribution in [2.24, 2.45) is 0 Å². The molecule has 4 rings (SSSR count). The number of sulfonamides is 1. The molecule has 0 spiro atoms. The van der Waals surface area contributed by atoms with Crippen LogP contribution in [0.3, 0.4) is 0 Å². The number of nitrogens with one attached hydrogen (secondary N) is 1. The minimum atomic E-state index is -3.48. The van der Waals surface area contributed by atoms with Gasteiger partial charge in [0.05, 0.1) is 10.4 Å². The summed E-state index contributed by atoms with van der Waals surface area (Å²) in [5.41, 5.74) is 2.77. The van der Waals surface area contributed by atoms with Gasteiger partial charge in [0.1, 0.15) is 5.82 Å². The molecule has 1 N–H and O–H groups in total. The number of fused-ring (bicyclic) bond motifs is 1. The van der Waals surface area contributed by atoms with E-state index in [1.165, 1.54) is 6.07 Å². The Kier molecular flexibility index (Phi) is 6.62. The van der Waals surface area contributed by atoms with Gasteiger partial charge < -0.3 is 0 Å². The highest BCUT2D eigenvalue weighted by Crippen LogP contribution is 2.21. The van der Waals surface area contributed by atoms with Crippen molar-refractivity contribution < 1.29 is 12.8 Å². The second-order valence-electron chi connectivity index (χ2n) is 7.93. The molecule has 0 bridgehead atoms. The van der Waals surface area contributed by atoms with Crippen LogP contribution >= 0.6 is 0 Å². The molecule has 0 amide bonds. The van der Waals surface area contributed by atoms with E-state index in [1.54, 1.807) is 42.6 Å². The maximum atomic E-state index is 14.0. The van der Waals surface area contributed by atoms with Crippen LogP contribution < -0.4 is 4.72 Å². The van der Waals surface area contributed by atoms with Crippen molar-refractivity contribution in [2.75, 3.05) is 39.3 Å². The summed E-state index contributed by atoms with van der Waals surface area (Å²) < 4.78 is 41.5. The standard InChI is InChI=1S/C23H27FN4O2S/c1-18-4-7-20(8-5-18)31(29,30)26-11-12-27-13-15-28(16-14-27)17-19-6-9-22(24)21-3-2-10-25-23(19)21/h2-10,26H,11-17H2,1H3. The molecule has 2 heterocycles. The smallest absolute Gasteiger partial charge is 0.240 e. The average Bonchev–Trinajstić information content (AvgIpc) is 2.77. The van der Waals surface area contributed by atoms with Gasteiger partial charge in [0.2, 0.25) is 10.0 Å². The van der Waals surface area contributed by atoms with E-state index in [4.69, 9.17) is 0 Å². The van der Waals surface area contributed by atoms with Gasteiger partial charge in [-0.05, 0) is 42.8 Å². The molecule has 1 aliphatic heterocycles. The first-order valence-corrected chi connectivity index (χ1v) is 11.9. The molecule has 0 atom stereocenters. The topological polar surface area (TPSA) is 65.5 Å². The first kappa shape index (κ1) is 21.8. The van der Waals surface area contributed by atoms with Gasteiger partial charge in [-0.1, -0.05) is 23.8 Å². The molecule has 1 fully saturated rings. The Balaban J connectivity index is 1.27. The Bertz CT molecular complexity index is 1140. The molecular weight excluding hydrogens is 415 g/mol. The number of hydrogen-bond acceptors (Lipinski definition) is 5. The van der Waals surface area contributed by atoms with E-state index in [0.717, 1.165) is 49.4 Å². The third kappa shape index (κ3) is 5.27. The normalized spacial score (nSPS) is 16.1. The minimum Gasteiger partial charge on any atom is -0.299 e. The highest BCUT2D eigenvalue weighted by Gasteiger charge is 2.19. The van der Waals surface area contributed by atoms with Crippen molar-refractivity contribution in [3.05, 3.63) is 71.7 Å². The van der Waals surface area contributed by atoms with Crippen molar-refractivity contribution in [2.45, 2.75) is 18.4 Å². The number of benzene rings is 2. The predicted molar refractivity (Wildman–Crippen MR) is 120 cm³/mol. The highest BCUT2D eigenvalue weighted by molar-refractivity contribution is 7.89. The maximum Gasteiger partial charge on any atom is 0.240 e. The number of piperazine rings is 1. The van der Waals surface area contributed by atoms with Gasteiger partial charge in [0.25, 0.3) is 0 Å². The van der Waals surface area contributed by atoms with Crippen LogP contribution in [0.25, 0.3) is 10.9 Å². The molecule has 2 aromatic carbocycles. The summed E-state index contributed by atoms with van der Waals surface area (Å²) in [4.78, 5) is 9.25. The van der Waals surface area contributed by atoms with Gasteiger partial charge >= 0.3 is 0 Å². The molecule has 6 nitrogen and oxygen atoms in total. The largest absolute Gasteiger partial charge is 0.299 e. The molecule has 0 unspecified atom stereocenters. The minimum absolute atomic E-state index is 0.246. The SMILES string of the molecule is Cc1ccc(S(=O)(=O)NCCN2CCN(Cc3ccc(F)c4cccnc34)CC2)cc1. The van der Waals surface area contributed by atoms with Crippen molar-refractivity contribution in [3.8, 4) is 0 Å². The summed E-state index contributed by atoms with van der Waals surface area (Å²) in [7, 11) is -3.48. The number of pyridine rings is 1. The van der Waals surface area contributed by atoms with E-state index in [-0.39, 0.29) is 5.82 Å². The van der Waals surface area contributed by atoms with E-state index in [1.807, 2.05) is 13.0 Å². The Morgan fingerprint density at radius 3 is 2.45 bits per heavy atom. The monoisotopic (exact) mass is 442 g/mol. The molecule has 164 valence electrons. The van der Waals surface area contributed by atoms with Gasteiger partial charge in [-0.25, -0.2) is 17.5 Å². The Labute approximate surface area is 182 Å². The zero-order chi connectivity index (χ0) is 21.8. The van der Waals surface area contributed by atoms with E-state index in [0.29, 0.717) is 23.4 Å². The maximum absolute atomic E-state index is 14.0. The van der Waals surface area contributed by atoms with Gasteiger partial charge in [0, 0.05) is 57.4 Å². The summed E-state index contributed by atoms with van der Waals surface area (Å²) in [6.07, 6.45) is 1.70. The van der Waals surface area contributed by atoms with Gasteiger partial charge in [-0.2, -0.15) is 0 Å². The van der Waals surface area contributed by atoms with Crippen LogP contribution in [0.15, 0.2) is 59.6 Å². The molecule has 1 saturated heterocycles. The molecular formula is C23H27FN4O2S. The molecule has 31 heavy (non-hydrogen) atoms. The summed E-state index contributed by atoms with van der Waals surface area (Å²) in [5, 5.41) is 0.555. The van der Waals surface area contributed by atoms with Crippen LogP contribution in [0.2, 0.25) is 0 Å². The number of halogens is 1. The van der Waals surface area contributed by atoms with Crippen LogP contribution in [0.1, 0.15) is 11.1 Å². The van der Waals surface area contributed by atoms with E-state index in [9.17, 15) is 12.8 Å². The van der Waals surface area contributed by atoms with Crippen LogP contribution in [0, 0.1) is 12.7 Å². The number of aryl methyl sites for hydroxylation is 1. The molecule has 1 aromatic heterocycles. The number of nitrogens with zero attached hydrogens (tertiary/aromatic N) is 3. The van der Waals surface area contributed by atoms with Crippen molar-refractivity contribution in [1.82, 2.24) is 19.5 Å². The Morgan fingerprint density at radius 2 is 1.71 bits per heavy atom. The van der Waals surface area contributed by atoms with E-state index >= 15 is 0 Å². The summed E-state index contributed by atoms with van der Waals surface area (Å²) >= 11 is 0. The molecule has 1 aliphatic rings. The van der Waals surface area contributed by atoms with Gasteiger partial charge in [-0.15, -0.1) is 0 Å². The van der Waals surface area contributed by atoms with Crippen LogP contribution in [-0.2, 0) is 16.6 Å². The lowest BCUT2D eigenvalue weighted by Gasteiger charge is -2.34. The molecule has 8 heteroatoms. The fourth-order valence-electron chi connectivity index (χ4n) is 3.87. The Morgan fingerprint density at radius 1 is 1.00 bits per heavy atom. The van der Waals surface area contributed by atoms with E-state index in [2.05, 4.69) is 19.5 Å². The lowest BCUT2D eigenvalue weighted by molar-refractivity contribution is 0.129. The van der Waals surface area contributed by atoms with Crippen LogP contribution in [-0.4, -0.2) is 62.5 Å². The van der Waals surface area contributed by atoms with Crippen LogP contribution in [0.4, 0.5) is 4.39 Å². The van der Waals surface area contributed by atoms with Gasteiger partial charge in [-0.3, -0.25) is 14.8 Å². The summed E-state index contributed by atoms with van der Waals surface area (Å²) in [5.74, 6) is -0.246. The van der Waals surface area contributed by atoms with Gasteiger partial charge in [0.15, 0.2) is 0 Å². The van der Waals surface area contributed by atoms with Crippen molar-refractivity contribution >= 4 is 20.9 Å². The molecule has 0 saturated carbocycles. The van der Waals surface area contributed by atoms with Crippen molar-refractivity contribution in [1.29, 1.82) is 0 Å².